The van der Waals surface area contributed by atoms with Gasteiger partial charge in [0, 0.05) is 37.2 Å². The molecule has 0 bridgehead atoms. The van der Waals surface area contributed by atoms with Gasteiger partial charge in [-0.15, -0.1) is 0 Å². The summed E-state index contributed by atoms with van der Waals surface area (Å²) in [6.07, 6.45) is 11.3. The van der Waals surface area contributed by atoms with Gasteiger partial charge in [-0.1, -0.05) is 180 Å². The van der Waals surface area contributed by atoms with Crippen LogP contribution in [0.3, 0.4) is 0 Å². The Labute approximate surface area is 370 Å². The normalized spacial score (nSPS) is 11.1. The van der Waals surface area contributed by atoms with Crippen molar-refractivity contribution in [3.63, 3.8) is 0 Å². The number of benzene rings is 7. The monoisotopic (exact) mass is 807 g/mol. The first-order valence-electron chi connectivity index (χ1n) is 21.5. The van der Waals surface area contributed by atoms with Crippen molar-refractivity contribution in [3.8, 4) is 100 Å². The predicted octanol–water partition coefficient (Wildman–Crippen LogP) is 15.8. The van der Waals surface area contributed by atoms with Crippen LogP contribution in [0.4, 0.5) is 0 Å². The van der Waals surface area contributed by atoms with Crippen molar-refractivity contribution in [1.29, 1.82) is 0 Å². The molecule has 0 radical (unpaired) electrons. The Bertz CT molecular complexity index is 2770. The fourth-order valence-corrected chi connectivity index (χ4v) is 8.73. The van der Waals surface area contributed by atoms with Crippen LogP contribution in [0.1, 0.15) is 16.7 Å². The second kappa shape index (κ2) is 17.2. The van der Waals surface area contributed by atoms with Crippen LogP contribution in [0.5, 0.6) is 0 Å². The molecule has 0 saturated heterocycles. The minimum Gasteiger partial charge on any atom is -0.264 e. The molecule has 0 fully saturated rings. The van der Waals surface area contributed by atoms with E-state index in [-0.39, 0.29) is 0 Å². The lowest BCUT2D eigenvalue weighted by Crippen LogP contribution is -2.02. The molecule has 0 unspecified atom stereocenters. The van der Waals surface area contributed by atoms with Gasteiger partial charge in [-0.2, -0.15) is 0 Å². The Kier molecular flexibility index (Phi) is 10.7. The topological polar surface area (TPSA) is 38.7 Å². The molecule has 3 heteroatoms. The second-order valence-electron chi connectivity index (χ2n) is 16.3. The highest BCUT2D eigenvalue weighted by molar-refractivity contribution is 6.15. The third-order valence-electron chi connectivity index (χ3n) is 12.0. The van der Waals surface area contributed by atoms with Crippen molar-refractivity contribution in [1.82, 2.24) is 15.0 Å². The highest BCUT2D eigenvalue weighted by Crippen LogP contribution is 2.56. The van der Waals surface area contributed by atoms with E-state index in [0.717, 1.165) is 66.8 Å². The summed E-state index contributed by atoms with van der Waals surface area (Å²) in [7, 11) is 0. The zero-order valence-electron chi connectivity index (χ0n) is 35.6. The summed E-state index contributed by atoms with van der Waals surface area (Å²) < 4.78 is 0. The molecule has 0 amide bonds. The van der Waals surface area contributed by atoms with Crippen LogP contribution in [0.25, 0.3) is 100 Å². The van der Waals surface area contributed by atoms with E-state index >= 15 is 0 Å². The van der Waals surface area contributed by atoms with Gasteiger partial charge in [-0.3, -0.25) is 15.0 Å². The zero-order chi connectivity index (χ0) is 42.7. The van der Waals surface area contributed by atoms with Crippen molar-refractivity contribution >= 4 is 0 Å². The highest BCUT2D eigenvalue weighted by atomic mass is 14.6. The lowest BCUT2D eigenvalue weighted by atomic mass is 9.74. The van der Waals surface area contributed by atoms with Crippen LogP contribution in [-0.2, 0) is 0 Å². The molecule has 63 heavy (non-hydrogen) atoms. The van der Waals surface area contributed by atoms with Crippen LogP contribution < -0.4 is 0 Å². The number of hydrogen-bond acceptors (Lipinski definition) is 3. The molecule has 10 rings (SSSR count). The van der Waals surface area contributed by atoms with E-state index in [9.17, 15) is 0 Å². The molecule has 0 saturated carbocycles. The average molecular weight is 808 g/mol. The van der Waals surface area contributed by atoms with Crippen molar-refractivity contribution in [3.05, 3.63) is 236 Å². The number of pyridine rings is 3. The predicted molar refractivity (Wildman–Crippen MR) is 263 cm³/mol. The number of aryl methyl sites for hydroxylation is 3. The standard InChI is InChI=1S/C60H45N3/c1-40-10-16-46(17-11-40)55-58(49-28-22-43(23-29-49)52-7-4-34-61-37-52)56(47-18-12-41(2)13-19-47)60(51-32-26-45(27-33-51)54-9-6-36-63-39-54)57(48-20-14-42(3)15-21-48)59(55)50-30-24-44(25-31-50)53-8-5-35-62-38-53/h4-39H,1-3H3. The number of aromatic nitrogens is 3. The molecule has 0 atom stereocenters. The van der Waals surface area contributed by atoms with E-state index in [4.69, 9.17) is 0 Å². The Hall–Kier alpha value is -8.01. The lowest BCUT2D eigenvalue weighted by Gasteiger charge is -2.29. The summed E-state index contributed by atoms with van der Waals surface area (Å²) in [4.78, 5) is 13.3. The average Bonchev–Trinajstić information content (AvgIpc) is 3.35. The fourth-order valence-electron chi connectivity index (χ4n) is 8.73. The van der Waals surface area contributed by atoms with E-state index in [1.165, 1.54) is 50.1 Å². The Balaban J connectivity index is 1.38. The first-order chi connectivity index (χ1) is 31.0. The van der Waals surface area contributed by atoms with Gasteiger partial charge in [0.05, 0.1) is 0 Å². The smallest absolute Gasteiger partial charge is 0.0346 e. The number of nitrogens with zero attached hydrogens (tertiary/aromatic N) is 3. The fraction of sp³-hybridized carbons (Fsp3) is 0.0500. The van der Waals surface area contributed by atoms with E-state index in [1.54, 1.807) is 0 Å². The number of hydrogen-bond donors (Lipinski definition) is 0. The van der Waals surface area contributed by atoms with E-state index in [1.807, 2.05) is 55.4 Å². The van der Waals surface area contributed by atoms with Gasteiger partial charge in [-0.25, -0.2) is 0 Å². The Morgan fingerprint density at radius 3 is 0.587 bits per heavy atom. The molecular formula is C60H45N3. The maximum Gasteiger partial charge on any atom is 0.0346 e. The highest BCUT2D eigenvalue weighted by Gasteiger charge is 2.29. The summed E-state index contributed by atoms with van der Waals surface area (Å²) in [5, 5.41) is 0. The molecule has 7 aromatic carbocycles. The van der Waals surface area contributed by atoms with Gasteiger partial charge in [0.1, 0.15) is 0 Å². The molecule has 0 aliphatic heterocycles. The Morgan fingerprint density at radius 1 is 0.206 bits per heavy atom. The van der Waals surface area contributed by atoms with Gasteiger partial charge >= 0.3 is 0 Å². The zero-order valence-corrected chi connectivity index (χ0v) is 35.6. The molecule has 3 aromatic heterocycles. The van der Waals surface area contributed by atoms with Gasteiger partial charge in [0.25, 0.3) is 0 Å². The summed E-state index contributed by atoms with van der Waals surface area (Å²) in [6.45, 7) is 6.48. The third-order valence-corrected chi connectivity index (χ3v) is 12.0. The summed E-state index contributed by atoms with van der Waals surface area (Å²) in [5.41, 5.74) is 24.2. The minimum absolute atomic E-state index is 1.08. The molecular weight excluding hydrogens is 763 g/mol. The van der Waals surface area contributed by atoms with Crippen LogP contribution in [0, 0.1) is 20.8 Å². The summed E-state index contributed by atoms with van der Waals surface area (Å²) >= 11 is 0. The Morgan fingerprint density at radius 2 is 0.397 bits per heavy atom. The SMILES string of the molecule is Cc1ccc(-c2c(-c3ccc(-c4cccnc4)cc3)c(-c3ccc(C)cc3)c(-c3ccc(-c4cccnc4)cc3)c(-c3ccc(C)cc3)c2-c2ccc(-c3cccnc3)cc2)cc1. The molecule has 0 aliphatic rings. The van der Waals surface area contributed by atoms with Crippen molar-refractivity contribution in [2.45, 2.75) is 20.8 Å². The maximum absolute atomic E-state index is 4.44. The lowest BCUT2D eigenvalue weighted by molar-refractivity contribution is 1.33. The first kappa shape index (κ1) is 39.1. The third kappa shape index (κ3) is 7.89. The van der Waals surface area contributed by atoms with Crippen LogP contribution in [0.15, 0.2) is 219 Å². The van der Waals surface area contributed by atoms with Crippen LogP contribution in [-0.4, -0.2) is 15.0 Å². The molecule has 3 nitrogen and oxygen atoms in total. The molecule has 0 spiro atoms. The van der Waals surface area contributed by atoms with Crippen LogP contribution >= 0.6 is 0 Å². The second-order valence-corrected chi connectivity index (χ2v) is 16.3. The quantitative estimate of drug-likeness (QED) is 0.146. The maximum atomic E-state index is 4.44. The molecule has 0 N–H and O–H groups in total. The van der Waals surface area contributed by atoms with E-state index in [2.05, 4.69) is 200 Å². The molecule has 0 aliphatic carbocycles. The summed E-state index contributed by atoms with van der Waals surface area (Å²) in [6, 6.07) is 66.8. The van der Waals surface area contributed by atoms with E-state index in [0.29, 0.717) is 0 Å². The minimum atomic E-state index is 1.08. The van der Waals surface area contributed by atoms with Gasteiger partial charge in [-0.05, 0) is 139 Å². The summed E-state index contributed by atoms with van der Waals surface area (Å²) in [5.74, 6) is 0. The van der Waals surface area contributed by atoms with Crippen molar-refractivity contribution in [2.75, 3.05) is 0 Å². The van der Waals surface area contributed by atoms with Gasteiger partial charge in [0.15, 0.2) is 0 Å². The van der Waals surface area contributed by atoms with Gasteiger partial charge in [0.2, 0.25) is 0 Å². The van der Waals surface area contributed by atoms with Crippen LogP contribution in [0.2, 0.25) is 0 Å². The van der Waals surface area contributed by atoms with Crippen molar-refractivity contribution < 1.29 is 0 Å². The number of rotatable bonds is 9. The first-order valence-corrected chi connectivity index (χ1v) is 21.5. The molecule has 300 valence electrons. The molecule has 10 aromatic rings. The van der Waals surface area contributed by atoms with E-state index < -0.39 is 0 Å². The van der Waals surface area contributed by atoms with Gasteiger partial charge < -0.3 is 0 Å². The van der Waals surface area contributed by atoms with Crippen molar-refractivity contribution in [2.24, 2.45) is 0 Å². The molecule has 3 heterocycles. The largest absolute Gasteiger partial charge is 0.264 e.